The van der Waals surface area contributed by atoms with Gasteiger partial charge in [0.2, 0.25) is 0 Å². The Morgan fingerprint density at radius 3 is 2.42 bits per heavy atom. The van der Waals surface area contributed by atoms with E-state index >= 15 is 0 Å². The molecule has 0 saturated heterocycles. The number of fused-ring (bicyclic) bond motifs is 1. The molecular weight excluding hydrogens is 150 g/mol. The first kappa shape index (κ1) is 8.07. The van der Waals surface area contributed by atoms with Crippen molar-refractivity contribution < 1.29 is 5.11 Å². The lowest BCUT2D eigenvalue weighted by Crippen LogP contribution is -2.20. The summed E-state index contributed by atoms with van der Waals surface area (Å²) in [5, 5.41) is 18.4. The molecule has 2 fully saturated rings. The molecule has 0 unspecified atom stereocenters. The van der Waals surface area contributed by atoms with Gasteiger partial charge in [0, 0.05) is 0 Å². The van der Waals surface area contributed by atoms with Crippen LogP contribution in [-0.2, 0) is 0 Å². The Morgan fingerprint density at radius 2 is 1.75 bits per heavy atom. The minimum Gasteiger partial charge on any atom is -0.392 e. The van der Waals surface area contributed by atoms with Gasteiger partial charge >= 0.3 is 0 Å². The van der Waals surface area contributed by atoms with Crippen LogP contribution in [0.1, 0.15) is 32.1 Å². The first-order chi connectivity index (χ1) is 5.81. The van der Waals surface area contributed by atoms with E-state index in [0.717, 1.165) is 31.1 Å². The maximum Gasteiger partial charge on any atom is 0.0722 e. The number of nitriles is 1. The molecule has 2 heteroatoms. The average molecular weight is 165 g/mol. The van der Waals surface area contributed by atoms with Crippen LogP contribution < -0.4 is 0 Å². The molecule has 0 aliphatic heterocycles. The van der Waals surface area contributed by atoms with Gasteiger partial charge in [-0.2, -0.15) is 5.26 Å². The average Bonchev–Trinajstić information content (AvgIpc) is 2.78. The van der Waals surface area contributed by atoms with Crippen molar-refractivity contribution in [2.45, 2.75) is 38.2 Å². The van der Waals surface area contributed by atoms with Gasteiger partial charge in [0.1, 0.15) is 0 Å². The first-order valence-electron chi connectivity index (χ1n) is 4.89. The van der Waals surface area contributed by atoms with Gasteiger partial charge < -0.3 is 5.11 Å². The molecule has 66 valence electrons. The topological polar surface area (TPSA) is 44.0 Å². The van der Waals surface area contributed by atoms with Crippen LogP contribution in [0.5, 0.6) is 0 Å². The van der Waals surface area contributed by atoms with Crippen LogP contribution in [0.25, 0.3) is 0 Å². The largest absolute Gasteiger partial charge is 0.392 e. The Hall–Kier alpha value is -0.550. The van der Waals surface area contributed by atoms with E-state index in [-0.39, 0.29) is 12.0 Å². The molecule has 0 radical (unpaired) electrons. The number of nitrogens with zero attached hydrogens (tertiary/aromatic N) is 1. The molecule has 2 aliphatic carbocycles. The summed E-state index contributed by atoms with van der Waals surface area (Å²) in [5.41, 5.74) is 0. The molecule has 0 heterocycles. The van der Waals surface area contributed by atoms with Gasteiger partial charge in [0.25, 0.3) is 0 Å². The van der Waals surface area contributed by atoms with E-state index in [1.807, 2.05) is 0 Å². The van der Waals surface area contributed by atoms with Crippen molar-refractivity contribution in [2.24, 2.45) is 17.8 Å². The summed E-state index contributed by atoms with van der Waals surface area (Å²) in [7, 11) is 0. The van der Waals surface area contributed by atoms with Gasteiger partial charge in [-0.15, -0.1) is 0 Å². The summed E-state index contributed by atoms with van der Waals surface area (Å²) in [4.78, 5) is 0. The zero-order chi connectivity index (χ0) is 8.55. The van der Waals surface area contributed by atoms with E-state index in [0.29, 0.717) is 0 Å². The summed E-state index contributed by atoms with van der Waals surface area (Å²) in [6, 6.07) is 2.21. The van der Waals surface area contributed by atoms with Crippen LogP contribution in [0, 0.1) is 29.1 Å². The highest BCUT2D eigenvalue weighted by Crippen LogP contribution is 2.47. The van der Waals surface area contributed by atoms with Gasteiger partial charge in [-0.3, -0.25) is 0 Å². The standard InChI is InChI=1S/C10H15NO/c11-6-9-2-1-7-5-8(7)3-4-10(9)12/h7-10,12H,1-5H2/t7-,8-,9+,10-/m1/s1. The molecule has 2 saturated carbocycles. The third-order valence-electron chi connectivity index (χ3n) is 3.38. The van der Waals surface area contributed by atoms with Gasteiger partial charge in [-0.05, 0) is 43.9 Å². The van der Waals surface area contributed by atoms with E-state index < -0.39 is 0 Å². The van der Waals surface area contributed by atoms with E-state index in [2.05, 4.69) is 6.07 Å². The number of hydrogen-bond acceptors (Lipinski definition) is 2. The van der Waals surface area contributed by atoms with Crippen LogP contribution in [0.3, 0.4) is 0 Å². The molecule has 0 aromatic carbocycles. The van der Waals surface area contributed by atoms with Crippen molar-refractivity contribution >= 4 is 0 Å². The molecule has 0 aromatic heterocycles. The Balaban J connectivity index is 1.94. The minimum absolute atomic E-state index is 0.0912. The Labute approximate surface area is 73.2 Å². The van der Waals surface area contributed by atoms with E-state index in [1.165, 1.54) is 12.8 Å². The molecule has 1 N–H and O–H groups in total. The van der Waals surface area contributed by atoms with Gasteiger partial charge in [-0.1, -0.05) is 0 Å². The predicted octanol–water partition coefficient (Wildman–Crippen LogP) is 1.70. The zero-order valence-electron chi connectivity index (χ0n) is 7.24. The lowest BCUT2D eigenvalue weighted by atomic mass is 9.90. The summed E-state index contributed by atoms with van der Waals surface area (Å²) in [6.07, 6.45) is 5.07. The van der Waals surface area contributed by atoms with Crippen molar-refractivity contribution in [3.8, 4) is 6.07 Å². The molecular formula is C10H15NO. The van der Waals surface area contributed by atoms with E-state index in [1.54, 1.807) is 0 Å². The maximum atomic E-state index is 9.59. The molecule has 0 amide bonds. The Bertz CT molecular complexity index is 208. The lowest BCUT2D eigenvalue weighted by molar-refractivity contribution is 0.108. The van der Waals surface area contributed by atoms with Crippen LogP contribution >= 0.6 is 0 Å². The monoisotopic (exact) mass is 165 g/mol. The van der Waals surface area contributed by atoms with Crippen molar-refractivity contribution in [1.29, 1.82) is 5.26 Å². The van der Waals surface area contributed by atoms with Gasteiger partial charge in [0.05, 0.1) is 18.1 Å². The van der Waals surface area contributed by atoms with Crippen molar-refractivity contribution in [3.63, 3.8) is 0 Å². The van der Waals surface area contributed by atoms with Crippen LogP contribution in [0.4, 0.5) is 0 Å². The van der Waals surface area contributed by atoms with Crippen LogP contribution in [-0.4, -0.2) is 11.2 Å². The highest BCUT2D eigenvalue weighted by molar-refractivity contribution is 4.95. The molecule has 2 rings (SSSR count). The van der Waals surface area contributed by atoms with E-state index in [9.17, 15) is 5.11 Å². The van der Waals surface area contributed by atoms with E-state index in [4.69, 9.17) is 5.26 Å². The fourth-order valence-corrected chi connectivity index (χ4v) is 2.34. The second-order valence-electron chi connectivity index (χ2n) is 4.21. The number of hydrogen-bond donors (Lipinski definition) is 1. The Kier molecular flexibility index (Phi) is 2.06. The molecule has 2 nitrogen and oxygen atoms in total. The minimum atomic E-state index is -0.350. The van der Waals surface area contributed by atoms with Crippen LogP contribution in [0.15, 0.2) is 0 Å². The fraction of sp³-hybridized carbons (Fsp3) is 0.900. The second-order valence-corrected chi connectivity index (χ2v) is 4.21. The Morgan fingerprint density at radius 1 is 1.08 bits per heavy atom. The van der Waals surface area contributed by atoms with Crippen LogP contribution in [0.2, 0.25) is 0 Å². The molecule has 4 atom stereocenters. The second kappa shape index (κ2) is 3.06. The molecule has 0 spiro atoms. The predicted molar refractivity (Wildman–Crippen MR) is 45.2 cm³/mol. The highest BCUT2D eigenvalue weighted by atomic mass is 16.3. The first-order valence-corrected chi connectivity index (χ1v) is 4.89. The lowest BCUT2D eigenvalue weighted by Gasteiger charge is -2.18. The normalized spacial score (nSPS) is 46.7. The number of aliphatic hydroxyl groups excluding tert-OH is 1. The summed E-state index contributed by atoms with van der Waals surface area (Å²) in [5.74, 6) is 1.69. The maximum absolute atomic E-state index is 9.59. The third kappa shape index (κ3) is 1.47. The summed E-state index contributed by atoms with van der Waals surface area (Å²) >= 11 is 0. The summed E-state index contributed by atoms with van der Waals surface area (Å²) in [6.45, 7) is 0. The molecule has 2 aliphatic rings. The van der Waals surface area contributed by atoms with Crippen molar-refractivity contribution in [3.05, 3.63) is 0 Å². The smallest absolute Gasteiger partial charge is 0.0722 e. The van der Waals surface area contributed by atoms with Crippen molar-refractivity contribution in [2.75, 3.05) is 0 Å². The number of aliphatic hydroxyl groups is 1. The summed E-state index contributed by atoms with van der Waals surface area (Å²) < 4.78 is 0. The number of rotatable bonds is 0. The zero-order valence-corrected chi connectivity index (χ0v) is 7.24. The third-order valence-corrected chi connectivity index (χ3v) is 3.38. The highest BCUT2D eigenvalue weighted by Gasteiger charge is 2.39. The SMILES string of the molecule is N#C[C@@H]1CC[C@@H]2C[C@H]2CC[C@H]1O. The van der Waals surface area contributed by atoms with Crippen molar-refractivity contribution in [1.82, 2.24) is 0 Å². The molecule has 0 bridgehead atoms. The molecule has 0 aromatic rings. The quantitative estimate of drug-likeness (QED) is 0.593. The fourth-order valence-electron chi connectivity index (χ4n) is 2.34. The molecule has 12 heavy (non-hydrogen) atoms. The van der Waals surface area contributed by atoms with Gasteiger partial charge in [-0.25, -0.2) is 0 Å². The van der Waals surface area contributed by atoms with Gasteiger partial charge in [0.15, 0.2) is 0 Å².